The first kappa shape index (κ1) is 29.7. The second kappa shape index (κ2) is 10.3. The monoisotopic (exact) mass is 598 g/mol. The van der Waals surface area contributed by atoms with Gasteiger partial charge in [0.1, 0.15) is 17.6 Å². The van der Waals surface area contributed by atoms with Crippen LogP contribution in [-0.2, 0) is 30.3 Å². The Labute approximate surface area is 261 Å². The number of Topliss-reactive ketones (excluding diaryl/α,β-unsaturated/α-hetero) is 2. The summed E-state index contributed by atoms with van der Waals surface area (Å²) in [6.45, 7) is 10.4. The molecule has 1 aromatic carbocycles. The number of aryl methyl sites for hydroxylation is 1. The van der Waals surface area contributed by atoms with Gasteiger partial charge in [0.25, 0.3) is 0 Å². The Morgan fingerprint density at radius 1 is 0.955 bits per heavy atom. The Kier molecular flexibility index (Phi) is 6.91. The third kappa shape index (κ3) is 4.48. The van der Waals surface area contributed by atoms with Crippen LogP contribution in [0.4, 0.5) is 0 Å². The van der Waals surface area contributed by atoms with Crippen LogP contribution in [0.2, 0.25) is 0 Å². The Balaban J connectivity index is 0.938. The third-order valence-corrected chi connectivity index (χ3v) is 12.8. The average molecular weight is 599 g/mol. The van der Waals surface area contributed by atoms with Gasteiger partial charge in [-0.25, -0.2) is 0 Å². The number of hydrogen-bond acceptors (Lipinski definition) is 6. The van der Waals surface area contributed by atoms with Gasteiger partial charge in [0.05, 0.1) is 0 Å². The van der Waals surface area contributed by atoms with Gasteiger partial charge < -0.3 is 9.47 Å². The van der Waals surface area contributed by atoms with Crippen LogP contribution in [0, 0.1) is 34.0 Å². The zero-order valence-electron chi connectivity index (χ0n) is 26.9. The van der Waals surface area contributed by atoms with Crippen molar-refractivity contribution in [3.05, 3.63) is 52.1 Å². The first-order valence-electron chi connectivity index (χ1n) is 16.9. The lowest BCUT2D eigenvalue weighted by molar-refractivity contribution is -0.151. The van der Waals surface area contributed by atoms with E-state index >= 15 is 0 Å². The van der Waals surface area contributed by atoms with E-state index in [1.807, 2.05) is 39.0 Å². The zero-order valence-corrected chi connectivity index (χ0v) is 26.9. The number of ether oxygens (including phenoxy) is 2. The number of rotatable bonds is 6. The molecule has 0 saturated heterocycles. The van der Waals surface area contributed by atoms with Gasteiger partial charge in [-0.15, -0.1) is 0 Å². The van der Waals surface area contributed by atoms with Crippen molar-refractivity contribution < 1.29 is 28.7 Å². The van der Waals surface area contributed by atoms with E-state index in [2.05, 4.69) is 19.9 Å². The highest BCUT2D eigenvalue weighted by Gasteiger charge is 2.59. The lowest BCUT2D eigenvalue weighted by Gasteiger charge is -2.48. The summed E-state index contributed by atoms with van der Waals surface area (Å²) >= 11 is 0. The quantitative estimate of drug-likeness (QED) is 0.251. The largest absolute Gasteiger partial charge is 0.457 e. The fraction of sp³-hybridized carbons (Fsp3) is 0.632. The summed E-state index contributed by atoms with van der Waals surface area (Å²) in [6, 6.07) is 6.06. The van der Waals surface area contributed by atoms with Crippen LogP contribution in [0.5, 0.6) is 5.75 Å². The second-order valence-electron chi connectivity index (χ2n) is 15.6. The second-order valence-corrected chi connectivity index (χ2v) is 15.6. The molecule has 6 aliphatic rings. The van der Waals surface area contributed by atoms with Crippen molar-refractivity contribution in [1.82, 2.24) is 0 Å². The number of ketones is 2. The van der Waals surface area contributed by atoms with Crippen LogP contribution in [0.15, 0.2) is 41.0 Å². The Hall–Kier alpha value is -3.02. The molecule has 0 amide bonds. The maximum absolute atomic E-state index is 13.2. The van der Waals surface area contributed by atoms with Crippen LogP contribution in [0.3, 0.4) is 0 Å². The standard InChI is InChI=1S/C38H46O6/c1-21-33-28(34(42)22(2)38(21)17-18-38)20-36(3,4)35(33)44-32(41)8-6-7-31(40)43-24-10-12-25-23(19-24)9-11-27-26(25)15-16-37(5)29(27)13-14-30(37)39/h10,12,19-20,22,26-27,29,35H,6-9,11,13-18H2,1-5H3/t22-,26?,27?,29?,35-,37+/m1/s1. The molecule has 0 bridgehead atoms. The minimum Gasteiger partial charge on any atom is -0.457 e. The molecule has 3 fully saturated rings. The molecule has 6 atom stereocenters. The van der Waals surface area contributed by atoms with Crippen LogP contribution in [0.25, 0.3) is 0 Å². The minimum absolute atomic E-state index is 0.0247. The molecule has 3 saturated carbocycles. The number of carbonyl (C=O) groups excluding carboxylic acids is 4. The van der Waals surface area contributed by atoms with E-state index < -0.39 is 11.5 Å². The van der Waals surface area contributed by atoms with Crippen molar-refractivity contribution in [2.45, 2.75) is 117 Å². The molecule has 6 nitrogen and oxygen atoms in total. The van der Waals surface area contributed by atoms with E-state index in [0.29, 0.717) is 35.7 Å². The first-order valence-corrected chi connectivity index (χ1v) is 16.9. The summed E-state index contributed by atoms with van der Waals surface area (Å²) in [7, 11) is 0. The molecule has 6 aliphatic carbocycles. The molecule has 44 heavy (non-hydrogen) atoms. The topological polar surface area (TPSA) is 86.7 Å². The molecule has 3 unspecified atom stereocenters. The molecule has 234 valence electrons. The Morgan fingerprint density at radius 2 is 1.70 bits per heavy atom. The number of esters is 2. The SMILES string of the molecule is CC1=C2C(=CC(C)(C)[C@@H]2OC(=O)CCCC(=O)Oc2ccc3c(c2)CCC2C3CC[C@]3(C)C(=O)CCC23)C(=O)[C@@H](C)C12CC2. The summed E-state index contributed by atoms with van der Waals surface area (Å²) < 4.78 is 11.8. The molecule has 1 aromatic rings. The van der Waals surface area contributed by atoms with Gasteiger partial charge in [0.2, 0.25) is 0 Å². The normalized spacial score (nSPS) is 34.1. The Bertz CT molecular complexity index is 1520. The number of allylic oxidation sites excluding steroid dienone is 1. The highest BCUT2D eigenvalue weighted by molar-refractivity contribution is 6.05. The fourth-order valence-corrected chi connectivity index (χ4v) is 10.0. The van der Waals surface area contributed by atoms with E-state index in [0.717, 1.165) is 62.5 Å². The molecule has 0 radical (unpaired) electrons. The minimum atomic E-state index is -0.479. The van der Waals surface area contributed by atoms with Gasteiger partial charge in [0.15, 0.2) is 5.78 Å². The third-order valence-electron chi connectivity index (χ3n) is 12.8. The van der Waals surface area contributed by atoms with Crippen molar-refractivity contribution in [1.29, 1.82) is 0 Å². The maximum Gasteiger partial charge on any atom is 0.311 e. The van der Waals surface area contributed by atoms with Gasteiger partial charge in [-0.3, -0.25) is 19.2 Å². The van der Waals surface area contributed by atoms with Crippen molar-refractivity contribution in [2.75, 3.05) is 0 Å². The van der Waals surface area contributed by atoms with E-state index in [9.17, 15) is 19.2 Å². The number of benzene rings is 1. The van der Waals surface area contributed by atoms with Crippen molar-refractivity contribution in [3.8, 4) is 5.75 Å². The van der Waals surface area contributed by atoms with E-state index in [-0.39, 0.29) is 47.3 Å². The summed E-state index contributed by atoms with van der Waals surface area (Å²) in [5, 5.41) is 0. The molecular weight excluding hydrogens is 552 g/mol. The summed E-state index contributed by atoms with van der Waals surface area (Å²) in [6.07, 6.45) is 9.96. The average Bonchev–Trinajstić information content (AvgIpc) is 3.67. The van der Waals surface area contributed by atoms with Gasteiger partial charge in [-0.05, 0) is 99.3 Å². The van der Waals surface area contributed by atoms with Crippen molar-refractivity contribution >= 4 is 23.5 Å². The smallest absolute Gasteiger partial charge is 0.311 e. The van der Waals surface area contributed by atoms with Crippen molar-refractivity contribution in [3.63, 3.8) is 0 Å². The molecule has 0 N–H and O–H groups in total. The number of fused-ring (bicyclic) bond motifs is 6. The highest BCUT2D eigenvalue weighted by Crippen LogP contribution is 2.64. The Morgan fingerprint density at radius 3 is 2.45 bits per heavy atom. The molecule has 0 aliphatic heterocycles. The molecule has 0 heterocycles. The van der Waals surface area contributed by atoms with Crippen LogP contribution < -0.4 is 4.74 Å². The van der Waals surface area contributed by atoms with Crippen LogP contribution in [-0.4, -0.2) is 29.6 Å². The summed E-state index contributed by atoms with van der Waals surface area (Å²) in [5.41, 5.74) is 4.82. The first-order chi connectivity index (χ1) is 20.9. The highest BCUT2D eigenvalue weighted by atomic mass is 16.5. The predicted molar refractivity (Wildman–Crippen MR) is 166 cm³/mol. The molecule has 6 heteroatoms. The van der Waals surface area contributed by atoms with Gasteiger partial charge in [0, 0.05) is 52.6 Å². The molecule has 0 aromatic heterocycles. The molecule has 1 spiro atoms. The summed E-state index contributed by atoms with van der Waals surface area (Å²) in [5.74, 6) is 2.02. The fourth-order valence-electron chi connectivity index (χ4n) is 10.0. The lowest BCUT2D eigenvalue weighted by atomic mass is 9.55. The van der Waals surface area contributed by atoms with E-state index in [1.54, 1.807) is 0 Å². The maximum atomic E-state index is 13.2. The predicted octanol–water partition coefficient (Wildman–Crippen LogP) is 7.38. The van der Waals surface area contributed by atoms with Gasteiger partial charge in [-0.2, -0.15) is 0 Å². The van der Waals surface area contributed by atoms with E-state index in [1.165, 1.54) is 16.7 Å². The number of hydrogen-bond donors (Lipinski definition) is 0. The zero-order chi connectivity index (χ0) is 31.2. The van der Waals surface area contributed by atoms with Crippen LogP contribution in [0.1, 0.15) is 116 Å². The number of carbonyl (C=O) groups is 4. The van der Waals surface area contributed by atoms with E-state index in [4.69, 9.17) is 9.47 Å². The van der Waals surface area contributed by atoms with Crippen molar-refractivity contribution in [2.24, 2.45) is 34.0 Å². The van der Waals surface area contributed by atoms with Crippen LogP contribution >= 0.6 is 0 Å². The lowest BCUT2D eigenvalue weighted by Crippen LogP contribution is -2.42. The van der Waals surface area contributed by atoms with Gasteiger partial charge >= 0.3 is 11.9 Å². The molecular formula is C38H46O6. The molecule has 7 rings (SSSR count). The summed E-state index contributed by atoms with van der Waals surface area (Å²) in [4.78, 5) is 51.6. The van der Waals surface area contributed by atoms with Gasteiger partial charge in [-0.1, -0.05) is 45.4 Å².